The van der Waals surface area contributed by atoms with E-state index in [0.717, 1.165) is 18.5 Å². The molecule has 1 unspecified atom stereocenters. The van der Waals surface area contributed by atoms with Gasteiger partial charge in [-0.3, -0.25) is 0 Å². The van der Waals surface area contributed by atoms with Crippen molar-refractivity contribution in [3.05, 3.63) is 35.0 Å². The maximum atomic E-state index is 12.8. The fraction of sp³-hybridized carbons (Fsp3) is 0.714. The van der Waals surface area contributed by atoms with E-state index in [9.17, 15) is 4.79 Å². The highest BCUT2D eigenvalue weighted by atomic mass is 16.1. The average Bonchev–Trinajstić information content (AvgIpc) is 2.85. The molecule has 1 aliphatic carbocycles. The van der Waals surface area contributed by atoms with Crippen LogP contribution >= 0.6 is 0 Å². The Morgan fingerprint density at radius 2 is 1.57 bits per heavy atom. The second kappa shape index (κ2) is 8.19. The summed E-state index contributed by atoms with van der Waals surface area (Å²) < 4.78 is 0. The molecular weight excluding hydrogens is 366 g/mol. The highest BCUT2D eigenvalue weighted by Gasteiger charge is 2.59. The Labute approximate surface area is 185 Å². The zero-order chi connectivity index (χ0) is 22.4. The van der Waals surface area contributed by atoms with Gasteiger partial charge in [0.1, 0.15) is 11.6 Å². The summed E-state index contributed by atoms with van der Waals surface area (Å²) >= 11 is 0. The van der Waals surface area contributed by atoms with Crippen molar-refractivity contribution in [2.75, 3.05) is 4.90 Å². The lowest BCUT2D eigenvalue weighted by Crippen LogP contribution is -2.41. The van der Waals surface area contributed by atoms with Gasteiger partial charge in [0, 0.05) is 16.6 Å². The van der Waals surface area contributed by atoms with E-state index in [-0.39, 0.29) is 11.0 Å². The number of hydrogen-bond donors (Lipinski definition) is 0. The molecule has 1 aromatic rings. The van der Waals surface area contributed by atoms with E-state index in [1.807, 2.05) is 0 Å². The molecule has 0 N–H and O–H groups in total. The van der Waals surface area contributed by atoms with Gasteiger partial charge >= 0.3 is 0 Å². The first-order chi connectivity index (χ1) is 14.0. The maximum Gasteiger partial charge on any atom is 0.146 e. The third-order valence-electron chi connectivity index (χ3n) is 7.91. The summed E-state index contributed by atoms with van der Waals surface area (Å²) in [6.45, 7) is 20.8. The summed E-state index contributed by atoms with van der Waals surface area (Å²) in [7, 11) is 0. The van der Waals surface area contributed by atoms with Crippen molar-refractivity contribution in [2.45, 2.75) is 105 Å². The lowest BCUT2D eigenvalue weighted by molar-refractivity contribution is 0.0647. The molecule has 1 saturated carbocycles. The van der Waals surface area contributed by atoms with Crippen LogP contribution in [0.1, 0.15) is 111 Å². The van der Waals surface area contributed by atoms with Gasteiger partial charge in [0.25, 0.3) is 0 Å². The molecule has 1 aromatic carbocycles. The van der Waals surface area contributed by atoms with Crippen molar-refractivity contribution in [1.29, 1.82) is 0 Å². The van der Waals surface area contributed by atoms with Gasteiger partial charge in [0.15, 0.2) is 0 Å². The van der Waals surface area contributed by atoms with Crippen molar-refractivity contribution in [3.63, 3.8) is 0 Å². The third-order valence-corrected chi connectivity index (χ3v) is 7.91. The van der Waals surface area contributed by atoms with Gasteiger partial charge in [0.2, 0.25) is 0 Å². The minimum Gasteiger partial charge on any atom is -0.329 e. The Bertz CT molecular complexity index is 801. The smallest absolute Gasteiger partial charge is 0.146 e. The Kier molecular flexibility index (Phi) is 6.32. The number of rotatable bonds is 4. The lowest BCUT2D eigenvalue weighted by atomic mass is 9.57. The van der Waals surface area contributed by atoms with Crippen LogP contribution in [0.15, 0.2) is 23.9 Å². The Morgan fingerprint density at radius 1 is 1.00 bits per heavy atom. The topological polar surface area (TPSA) is 20.3 Å². The van der Waals surface area contributed by atoms with Gasteiger partial charge in [0.05, 0.1) is 0 Å². The van der Waals surface area contributed by atoms with Crippen LogP contribution in [-0.2, 0) is 4.79 Å². The molecule has 1 aliphatic heterocycles. The molecule has 2 heteroatoms. The number of anilines is 1. The lowest BCUT2D eigenvalue weighted by Gasteiger charge is -2.46. The maximum absolute atomic E-state index is 12.8. The van der Waals surface area contributed by atoms with E-state index in [4.69, 9.17) is 0 Å². The van der Waals surface area contributed by atoms with E-state index in [0.29, 0.717) is 29.6 Å². The van der Waals surface area contributed by atoms with E-state index >= 15 is 0 Å². The molecule has 2 fully saturated rings. The van der Waals surface area contributed by atoms with Crippen LogP contribution in [-0.4, -0.2) is 11.5 Å². The van der Waals surface area contributed by atoms with E-state index < -0.39 is 0 Å². The van der Waals surface area contributed by atoms with Crippen molar-refractivity contribution >= 4 is 11.6 Å². The quantitative estimate of drug-likeness (QED) is 0.474. The van der Waals surface area contributed by atoms with Gasteiger partial charge in [-0.25, -0.2) is 4.79 Å². The molecule has 2 nitrogen and oxygen atoms in total. The Hall–Kier alpha value is -1.53. The number of benzene rings is 1. The molecule has 1 spiro atoms. The molecule has 1 heterocycles. The molecule has 0 amide bonds. The summed E-state index contributed by atoms with van der Waals surface area (Å²) in [6, 6.07) is 6.72. The fourth-order valence-electron chi connectivity index (χ4n) is 6.85. The minimum atomic E-state index is -0.106. The van der Waals surface area contributed by atoms with Crippen molar-refractivity contribution in [3.8, 4) is 0 Å². The molecule has 0 radical (unpaired) electrons. The van der Waals surface area contributed by atoms with E-state index in [1.165, 1.54) is 29.7 Å². The van der Waals surface area contributed by atoms with Gasteiger partial charge in [-0.05, 0) is 73.8 Å². The van der Waals surface area contributed by atoms with Crippen molar-refractivity contribution < 1.29 is 4.79 Å². The second-order valence-electron chi connectivity index (χ2n) is 11.8. The number of carbonyl (C=O) groups excluding carboxylic acids is 1. The van der Waals surface area contributed by atoms with Crippen LogP contribution in [0, 0.1) is 23.2 Å². The standard InChI is InChI=1S/C28H43NO/c1-18(2)22-11-10-12-23(19(3)4)26(22)29-25(16-30)28(17-27(29,8)9)15-21(7)13-14-24(28)20(5)6/h10-12,18-21,24H,13-15,17H2,1-9H3/t21-,24?,28-/m1/s1. The van der Waals surface area contributed by atoms with Crippen LogP contribution in [0.4, 0.5) is 5.69 Å². The monoisotopic (exact) mass is 409 g/mol. The summed E-state index contributed by atoms with van der Waals surface area (Å²) in [5.74, 6) is 5.15. The molecule has 30 heavy (non-hydrogen) atoms. The van der Waals surface area contributed by atoms with Crippen LogP contribution in [0.3, 0.4) is 0 Å². The summed E-state index contributed by atoms with van der Waals surface area (Å²) in [5, 5.41) is 0. The first-order valence-electron chi connectivity index (χ1n) is 12.1. The second-order valence-corrected chi connectivity index (χ2v) is 11.8. The number of allylic oxidation sites excluding steroid dienone is 1. The fourth-order valence-corrected chi connectivity index (χ4v) is 6.85. The molecule has 1 saturated heterocycles. The summed E-state index contributed by atoms with van der Waals surface area (Å²) in [6.07, 6.45) is 4.65. The molecule has 2 aliphatic rings. The van der Waals surface area contributed by atoms with Gasteiger partial charge in [-0.2, -0.15) is 0 Å². The Balaban J connectivity index is 2.29. The Morgan fingerprint density at radius 3 is 2.03 bits per heavy atom. The van der Waals surface area contributed by atoms with E-state index in [2.05, 4.69) is 91.4 Å². The first kappa shape index (κ1) is 23.1. The van der Waals surface area contributed by atoms with Crippen LogP contribution in [0.2, 0.25) is 0 Å². The highest BCUT2D eigenvalue weighted by molar-refractivity contribution is 5.75. The van der Waals surface area contributed by atoms with Crippen LogP contribution in [0.5, 0.6) is 0 Å². The SMILES string of the molecule is CC(C)c1cccc(C(C)C)c1N1C(=C=O)[C@]2(C[C@H](C)CCC2C(C)C)CC1(C)C. The zero-order valence-electron chi connectivity index (χ0n) is 20.8. The van der Waals surface area contributed by atoms with Crippen LogP contribution < -0.4 is 4.90 Å². The molecule has 3 rings (SSSR count). The molecule has 166 valence electrons. The normalized spacial score (nSPS) is 28.8. The first-order valence-corrected chi connectivity index (χ1v) is 12.1. The zero-order valence-corrected chi connectivity index (χ0v) is 20.8. The minimum absolute atomic E-state index is 0.0601. The number of nitrogens with zero attached hydrogens (tertiary/aromatic N) is 1. The summed E-state index contributed by atoms with van der Waals surface area (Å²) in [5.41, 5.74) is 4.75. The third kappa shape index (κ3) is 3.66. The number of para-hydroxylation sites is 1. The predicted molar refractivity (Wildman–Crippen MR) is 129 cm³/mol. The summed E-state index contributed by atoms with van der Waals surface area (Å²) in [4.78, 5) is 15.2. The van der Waals surface area contributed by atoms with Gasteiger partial charge in [-0.15, -0.1) is 0 Å². The van der Waals surface area contributed by atoms with E-state index in [1.54, 1.807) is 0 Å². The molecular formula is C28H43NO. The number of hydrogen-bond acceptors (Lipinski definition) is 2. The van der Waals surface area contributed by atoms with Crippen LogP contribution in [0.25, 0.3) is 0 Å². The highest BCUT2D eigenvalue weighted by Crippen LogP contribution is 2.63. The molecule has 0 bridgehead atoms. The van der Waals surface area contributed by atoms with Crippen molar-refractivity contribution in [1.82, 2.24) is 0 Å². The largest absolute Gasteiger partial charge is 0.329 e. The molecule has 3 atom stereocenters. The van der Waals surface area contributed by atoms with Gasteiger partial charge in [-0.1, -0.05) is 73.1 Å². The average molecular weight is 410 g/mol. The van der Waals surface area contributed by atoms with Gasteiger partial charge < -0.3 is 4.90 Å². The predicted octanol–water partition coefficient (Wildman–Crippen LogP) is 7.72. The van der Waals surface area contributed by atoms with Crippen molar-refractivity contribution in [2.24, 2.45) is 23.2 Å². The molecule has 0 aromatic heterocycles.